The van der Waals surface area contributed by atoms with Gasteiger partial charge in [0.05, 0.1) is 6.54 Å². The third kappa shape index (κ3) is 5.89. The van der Waals surface area contributed by atoms with Crippen molar-refractivity contribution in [2.24, 2.45) is 11.8 Å². The summed E-state index contributed by atoms with van der Waals surface area (Å²) in [4.78, 5) is 36.6. The molecule has 0 atom stereocenters. The molecule has 0 aliphatic carbocycles. The Kier molecular flexibility index (Phi) is 7.29. The number of amides is 1. The zero-order valence-electron chi connectivity index (χ0n) is 15.4. The lowest BCUT2D eigenvalue weighted by Crippen LogP contribution is -2.32. The van der Waals surface area contributed by atoms with Crippen LogP contribution in [0.5, 0.6) is 0 Å². The van der Waals surface area contributed by atoms with Crippen molar-refractivity contribution in [3.8, 4) is 0 Å². The third-order valence-corrected chi connectivity index (χ3v) is 3.51. The van der Waals surface area contributed by atoms with Gasteiger partial charge in [0, 0.05) is 34.7 Å². The SMILES string of the molecule is CC(C)NCC(=O)Nc1cc(C(=O)C(C)C)cc(C(=O)C(C)C)c1. The molecule has 5 heteroatoms. The summed E-state index contributed by atoms with van der Waals surface area (Å²) in [5, 5.41) is 5.79. The highest BCUT2D eigenvalue weighted by Crippen LogP contribution is 2.20. The van der Waals surface area contributed by atoms with Gasteiger partial charge in [0.1, 0.15) is 0 Å². The summed E-state index contributed by atoms with van der Waals surface area (Å²) in [6, 6.07) is 5.08. The molecule has 1 rings (SSSR count). The van der Waals surface area contributed by atoms with Gasteiger partial charge in [-0.15, -0.1) is 0 Å². The van der Waals surface area contributed by atoms with Crippen LogP contribution < -0.4 is 10.6 Å². The second-order valence-corrected chi connectivity index (χ2v) is 6.92. The first-order valence-electron chi connectivity index (χ1n) is 8.38. The van der Waals surface area contributed by atoms with Gasteiger partial charge in [-0.1, -0.05) is 41.5 Å². The number of anilines is 1. The highest BCUT2D eigenvalue weighted by molar-refractivity contribution is 6.05. The molecule has 0 heterocycles. The first kappa shape index (κ1) is 20.0. The molecule has 132 valence electrons. The molecule has 0 spiro atoms. The van der Waals surface area contributed by atoms with Crippen LogP contribution in [0.3, 0.4) is 0 Å². The first-order chi connectivity index (χ1) is 11.1. The Balaban J connectivity index is 3.12. The van der Waals surface area contributed by atoms with E-state index >= 15 is 0 Å². The van der Waals surface area contributed by atoms with Gasteiger partial charge in [0.15, 0.2) is 11.6 Å². The number of benzene rings is 1. The van der Waals surface area contributed by atoms with Crippen LogP contribution in [0.25, 0.3) is 0 Å². The van der Waals surface area contributed by atoms with Crippen LogP contribution in [-0.2, 0) is 4.79 Å². The molecule has 1 aromatic carbocycles. The number of hydrogen-bond acceptors (Lipinski definition) is 4. The summed E-state index contributed by atoms with van der Waals surface area (Å²) in [7, 11) is 0. The van der Waals surface area contributed by atoms with E-state index in [4.69, 9.17) is 0 Å². The summed E-state index contributed by atoms with van der Waals surface area (Å²) < 4.78 is 0. The molecule has 0 saturated carbocycles. The minimum atomic E-state index is -0.208. The lowest BCUT2D eigenvalue weighted by Gasteiger charge is -2.13. The third-order valence-electron chi connectivity index (χ3n) is 3.51. The van der Waals surface area contributed by atoms with Crippen molar-refractivity contribution in [3.05, 3.63) is 29.3 Å². The number of rotatable bonds is 8. The van der Waals surface area contributed by atoms with Crippen molar-refractivity contribution < 1.29 is 14.4 Å². The minimum absolute atomic E-state index is 0.0517. The molecule has 0 aromatic heterocycles. The fraction of sp³-hybridized carbons (Fsp3) is 0.526. The second kappa shape index (κ2) is 8.73. The summed E-state index contributed by atoms with van der Waals surface area (Å²) in [5.74, 6) is -0.671. The Morgan fingerprint density at radius 3 is 1.67 bits per heavy atom. The van der Waals surface area contributed by atoms with E-state index in [0.717, 1.165) is 0 Å². The van der Waals surface area contributed by atoms with Crippen LogP contribution >= 0.6 is 0 Å². The van der Waals surface area contributed by atoms with Gasteiger partial charge in [-0.2, -0.15) is 0 Å². The molecule has 1 amide bonds. The van der Waals surface area contributed by atoms with E-state index in [1.165, 1.54) is 0 Å². The predicted molar refractivity (Wildman–Crippen MR) is 96.5 cm³/mol. The van der Waals surface area contributed by atoms with Crippen LogP contribution in [0.1, 0.15) is 62.3 Å². The van der Waals surface area contributed by atoms with Crippen LogP contribution in [0.4, 0.5) is 5.69 Å². The Labute approximate surface area is 144 Å². The average molecular weight is 332 g/mol. The monoisotopic (exact) mass is 332 g/mol. The van der Waals surface area contributed by atoms with E-state index in [1.807, 2.05) is 41.5 Å². The quantitative estimate of drug-likeness (QED) is 0.716. The van der Waals surface area contributed by atoms with Gasteiger partial charge in [-0.3, -0.25) is 14.4 Å². The van der Waals surface area contributed by atoms with Gasteiger partial charge in [0.2, 0.25) is 5.91 Å². The van der Waals surface area contributed by atoms with Gasteiger partial charge >= 0.3 is 0 Å². The topological polar surface area (TPSA) is 75.3 Å². The van der Waals surface area contributed by atoms with Crippen LogP contribution in [0.2, 0.25) is 0 Å². The molecule has 2 N–H and O–H groups in total. The van der Waals surface area contributed by atoms with Crippen molar-refractivity contribution in [1.82, 2.24) is 5.32 Å². The Hall–Kier alpha value is -2.01. The van der Waals surface area contributed by atoms with E-state index in [1.54, 1.807) is 18.2 Å². The molecule has 1 aromatic rings. The van der Waals surface area contributed by atoms with E-state index in [0.29, 0.717) is 16.8 Å². The summed E-state index contributed by atoms with van der Waals surface area (Å²) in [6.45, 7) is 11.3. The fourth-order valence-electron chi connectivity index (χ4n) is 2.15. The molecule has 0 aliphatic rings. The maximum Gasteiger partial charge on any atom is 0.238 e. The number of nitrogens with one attached hydrogen (secondary N) is 2. The lowest BCUT2D eigenvalue weighted by atomic mass is 9.94. The molecule has 0 fully saturated rings. The summed E-state index contributed by atoms with van der Waals surface area (Å²) in [5.41, 5.74) is 1.37. The first-order valence-corrected chi connectivity index (χ1v) is 8.38. The van der Waals surface area contributed by atoms with Gasteiger partial charge in [0.25, 0.3) is 0 Å². The largest absolute Gasteiger partial charge is 0.325 e. The Morgan fingerprint density at radius 1 is 0.833 bits per heavy atom. The Morgan fingerprint density at radius 2 is 1.29 bits per heavy atom. The van der Waals surface area contributed by atoms with Crippen LogP contribution in [0, 0.1) is 11.8 Å². The molecule has 0 aliphatic heterocycles. The predicted octanol–water partition coefficient (Wildman–Crippen LogP) is 3.30. The van der Waals surface area contributed by atoms with Gasteiger partial charge < -0.3 is 10.6 Å². The molecule has 0 saturated heterocycles. The van der Waals surface area contributed by atoms with E-state index in [2.05, 4.69) is 10.6 Å². The molecule has 0 radical (unpaired) electrons. The minimum Gasteiger partial charge on any atom is -0.325 e. The molecule has 24 heavy (non-hydrogen) atoms. The van der Waals surface area contributed by atoms with Crippen molar-refractivity contribution >= 4 is 23.2 Å². The van der Waals surface area contributed by atoms with Crippen molar-refractivity contribution in [2.75, 3.05) is 11.9 Å². The highest BCUT2D eigenvalue weighted by Gasteiger charge is 2.18. The van der Waals surface area contributed by atoms with Crippen LogP contribution in [0.15, 0.2) is 18.2 Å². The van der Waals surface area contributed by atoms with Crippen LogP contribution in [-0.4, -0.2) is 30.1 Å². The van der Waals surface area contributed by atoms with Crippen molar-refractivity contribution in [3.63, 3.8) is 0 Å². The summed E-state index contributed by atoms with van der Waals surface area (Å²) in [6.07, 6.45) is 0. The Bertz CT molecular complexity index is 581. The normalized spacial score (nSPS) is 11.2. The molecule has 0 bridgehead atoms. The standard InChI is InChI=1S/C19H28N2O3/c1-11(2)18(23)14-7-15(19(24)12(3)4)9-16(8-14)21-17(22)10-20-13(5)6/h7-9,11-13,20H,10H2,1-6H3,(H,21,22). The second-order valence-electron chi connectivity index (χ2n) is 6.92. The zero-order chi connectivity index (χ0) is 18.4. The van der Waals surface area contributed by atoms with Crippen molar-refractivity contribution in [2.45, 2.75) is 47.6 Å². The summed E-state index contributed by atoms with van der Waals surface area (Å²) >= 11 is 0. The average Bonchev–Trinajstić information content (AvgIpc) is 2.50. The number of Topliss-reactive ketones (excluding diaryl/α,β-unsaturated/α-hetero) is 2. The fourth-order valence-corrected chi connectivity index (χ4v) is 2.15. The highest BCUT2D eigenvalue weighted by atomic mass is 16.2. The number of carbonyl (C=O) groups is 3. The van der Waals surface area contributed by atoms with E-state index < -0.39 is 0 Å². The van der Waals surface area contributed by atoms with Gasteiger partial charge in [-0.25, -0.2) is 0 Å². The lowest BCUT2D eigenvalue weighted by molar-refractivity contribution is -0.115. The smallest absolute Gasteiger partial charge is 0.238 e. The molecule has 5 nitrogen and oxygen atoms in total. The van der Waals surface area contributed by atoms with E-state index in [9.17, 15) is 14.4 Å². The van der Waals surface area contributed by atoms with E-state index in [-0.39, 0.29) is 41.9 Å². The molecule has 0 unspecified atom stereocenters. The molecular formula is C19H28N2O3. The maximum absolute atomic E-state index is 12.3. The number of carbonyl (C=O) groups excluding carboxylic acids is 3. The molecular weight excluding hydrogens is 304 g/mol. The number of ketones is 2. The van der Waals surface area contributed by atoms with Gasteiger partial charge in [-0.05, 0) is 18.2 Å². The van der Waals surface area contributed by atoms with Crippen molar-refractivity contribution in [1.29, 1.82) is 0 Å². The zero-order valence-corrected chi connectivity index (χ0v) is 15.4. The number of hydrogen-bond donors (Lipinski definition) is 2. The maximum atomic E-state index is 12.3.